The molecule has 1 aromatic heterocycles. The average Bonchev–Trinajstić information content (AvgIpc) is 2.06. The molecule has 0 aliphatic carbocycles. The van der Waals surface area contributed by atoms with Crippen LogP contribution in [0.1, 0.15) is 0 Å². The van der Waals surface area contributed by atoms with Crippen molar-refractivity contribution in [3.63, 3.8) is 0 Å². The van der Waals surface area contributed by atoms with Gasteiger partial charge in [0.25, 0.3) is 0 Å². The molecule has 0 bridgehead atoms. The number of hydrogen-bond donors (Lipinski definition) is 0. The van der Waals surface area contributed by atoms with E-state index in [0.29, 0.717) is 0 Å². The van der Waals surface area contributed by atoms with Crippen LogP contribution >= 0.6 is 28.3 Å². The lowest BCUT2D eigenvalue weighted by molar-refractivity contribution is 1.41. The summed E-state index contributed by atoms with van der Waals surface area (Å²) in [5.74, 6) is 0. The highest BCUT2D eigenvalue weighted by atomic mass is 79.9. The molecule has 2 aromatic rings. The summed E-state index contributed by atoms with van der Waals surface area (Å²) in [6.45, 7) is 0. The summed E-state index contributed by atoms with van der Waals surface area (Å²) in [6.07, 6.45) is 1.80. The van der Waals surface area contributed by atoms with Gasteiger partial charge in [0.05, 0.1) is 5.52 Å². The van der Waals surface area contributed by atoms with Crippen LogP contribution in [0.3, 0.4) is 0 Å². The Labute approximate surface area is 85.4 Å². The minimum atomic E-state index is 0. The van der Waals surface area contributed by atoms with E-state index in [-0.39, 0.29) is 12.4 Å². The molecule has 62 valence electrons. The van der Waals surface area contributed by atoms with Crippen molar-refractivity contribution in [1.82, 2.24) is 4.98 Å². The maximum Gasteiger partial charge on any atom is 0.0713 e. The zero-order chi connectivity index (χ0) is 7.68. The number of nitrogens with zero attached hydrogens (tertiary/aromatic N) is 1. The van der Waals surface area contributed by atoms with Crippen LogP contribution in [-0.2, 0) is 0 Å². The number of rotatable bonds is 0. The Morgan fingerprint density at radius 1 is 1.08 bits per heavy atom. The lowest BCUT2D eigenvalue weighted by Gasteiger charge is -1.96. The molecule has 1 nitrogen and oxygen atoms in total. The number of benzene rings is 1. The molecule has 2 rings (SSSR count). The minimum Gasteiger partial charge on any atom is -0.256 e. The summed E-state index contributed by atoms with van der Waals surface area (Å²) in [4.78, 5) is 4.21. The Hall–Kier alpha value is -0.600. The fourth-order valence-electron chi connectivity index (χ4n) is 1.07. The quantitative estimate of drug-likeness (QED) is 0.692. The summed E-state index contributed by atoms with van der Waals surface area (Å²) in [5, 5.41) is 1.16. The number of hydrogen-bond acceptors (Lipinski definition) is 1. The fourth-order valence-corrected chi connectivity index (χ4v) is 1.55. The van der Waals surface area contributed by atoms with E-state index < -0.39 is 0 Å². The van der Waals surface area contributed by atoms with Crippen LogP contribution in [0.2, 0.25) is 0 Å². The van der Waals surface area contributed by atoms with Crippen molar-refractivity contribution in [2.45, 2.75) is 0 Å². The number of halogens is 2. The van der Waals surface area contributed by atoms with Crippen molar-refractivity contribution in [3.8, 4) is 0 Å². The highest BCUT2D eigenvalue weighted by Gasteiger charge is 1.94. The van der Waals surface area contributed by atoms with Gasteiger partial charge >= 0.3 is 0 Å². The van der Waals surface area contributed by atoms with Crippen LogP contribution in [0.25, 0.3) is 10.9 Å². The molecule has 3 heteroatoms. The van der Waals surface area contributed by atoms with E-state index in [1.807, 2.05) is 30.3 Å². The van der Waals surface area contributed by atoms with E-state index in [0.717, 1.165) is 15.4 Å². The molecule has 0 aliphatic rings. The van der Waals surface area contributed by atoms with Crippen molar-refractivity contribution < 1.29 is 0 Å². The summed E-state index contributed by atoms with van der Waals surface area (Å²) in [5.41, 5.74) is 1.03. The summed E-state index contributed by atoms with van der Waals surface area (Å²) in [6, 6.07) is 9.99. The second-order valence-electron chi connectivity index (χ2n) is 2.31. The molecule has 0 aliphatic heterocycles. The van der Waals surface area contributed by atoms with Gasteiger partial charge in [0.2, 0.25) is 0 Å². The van der Waals surface area contributed by atoms with E-state index in [1.165, 1.54) is 0 Å². The van der Waals surface area contributed by atoms with Gasteiger partial charge in [0.1, 0.15) is 0 Å². The number of fused-ring (bicyclic) bond motifs is 1. The largest absolute Gasteiger partial charge is 0.256 e. The molecule has 0 atom stereocenters. The fraction of sp³-hybridized carbons (Fsp3) is 0. The van der Waals surface area contributed by atoms with E-state index in [1.54, 1.807) is 6.20 Å². The maximum absolute atomic E-state index is 4.21. The zero-order valence-electron chi connectivity index (χ0n) is 6.20. The lowest BCUT2D eigenvalue weighted by atomic mass is 10.2. The molecule has 12 heavy (non-hydrogen) atoms. The molecule has 0 fully saturated rings. The number of pyridine rings is 1. The molecule has 0 spiro atoms. The van der Waals surface area contributed by atoms with Gasteiger partial charge < -0.3 is 0 Å². The number of aromatic nitrogens is 1. The zero-order valence-corrected chi connectivity index (χ0v) is 8.60. The van der Waals surface area contributed by atoms with Gasteiger partial charge in [-0.05, 0) is 18.2 Å². The molecule has 0 saturated carbocycles. The first-order valence-electron chi connectivity index (χ1n) is 3.37. The first kappa shape index (κ1) is 9.49. The van der Waals surface area contributed by atoms with Crippen LogP contribution in [0.5, 0.6) is 0 Å². The van der Waals surface area contributed by atoms with Crippen LogP contribution < -0.4 is 0 Å². The standard InChI is InChI=1S/C9H6BrN.ClH/c10-8-4-1-5-9-7(8)3-2-6-11-9;/h1-6H;1H. The third kappa shape index (κ3) is 1.59. The van der Waals surface area contributed by atoms with Gasteiger partial charge in [0.15, 0.2) is 0 Å². The van der Waals surface area contributed by atoms with Gasteiger partial charge in [0, 0.05) is 16.1 Å². The predicted molar refractivity (Wildman–Crippen MR) is 56.7 cm³/mol. The van der Waals surface area contributed by atoms with Crippen molar-refractivity contribution in [3.05, 3.63) is 41.0 Å². The molecule has 0 N–H and O–H groups in total. The van der Waals surface area contributed by atoms with Crippen LogP contribution in [0, 0.1) is 0 Å². The second-order valence-corrected chi connectivity index (χ2v) is 3.16. The van der Waals surface area contributed by atoms with E-state index in [9.17, 15) is 0 Å². The van der Waals surface area contributed by atoms with E-state index in [4.69, 9.17) is 0 Å². The van der Waals surface area contributed by atoms with Gasteiger partial charge in [-0.3, -0.25) is 4.98 Å². The average molecular weight is 245 g/mol. The normalized spacial score (nSPS) is 9.42. The third-order valence-electron chi connectivity index (χ3n) is 1.59. The lowest BCUT2D eigenvalue weighted by Crippen LogP contribution is -1.76. The Morgan fingerprint density at radius 2 is 1.92 bits per heavy atom. The van der Waals surface area contributed by atoms with E-state index >= 15 is 0 Å². The summed E-state index contributed by atoms with van der Waals surface area (Å²) >= 11 is 3.46. The first-order valence-corrected chi connectivity index (χ1v) is 4.16. The van der Waals surface area contributed by atoms with Crippen molar-refractivity contribution >= 4 is 39.2 Å². The molecule has 1 heterocycles. The third-order valence-corrected chi connectivity index (χ3v) is 2.28. The molecule has 1 aromatic carbocycles. The van der Waals surface area contributed by atoms with Gasteiger partial charge in [-0.1, -0.05) is 28.1 Å². The molecule has 0 radical (unpaired) electrons. The summed E-state index contributed by atoms with van der Waals surface area (Å²) < 4.78 is 1.10. The van der Waals surface area contributed by atoms with Crippen LogP contribution in [0.15, 0.2) is 41.0 Å². The highest BCUT2D eigenvalue weighted by molar-refractivity contribution is 9.10. The molecule has 0 saturated heterocycles. The molecule has 0 amide bonds. The van der Waals surface area contributed by atoms with Crippen LogP contribution in [-0.4, -0.2) is 4.98 Å². The monoisotopic (exact) mass is 243 g/mol. The Kier molecular flexibility index (Phi) is 3.06. The summed E-state index contributed by atoms with van der Waals surface area (Å²) in [7, 11) is 0. The second kappa shape index (κ2) is 3.87. The van der Waals surface area contributed by atoms with Gasteiger partial charge in [-0.15, -0.1) is 12.4 Å². The van der Waals surface area contributed by atoms with Crippen molar-refractivity contribution in [1.29, 1.82) is 0 Å². The Bertz CT molecular complexity index is 384. The SMILES string of the molecule is Brc1cccc2ncccc12.Cl. The molecule has 0 unspecified atom stereocenters. The predicted octanol–water partition coefficient (Wildman–Crippen LogP) is 3.42. The van der Waals surface area contributed by atoms with Gasteiger partial charge in [-0.25, -0.2) is 0 Å². The highest BCUT2D eigenvalue weighted by Crippen LogP contribution is 2.20. The topological polar surface area (TPSA) is 12.9 Å². The minimum absolute atomic E-state index is 0. The smallest absolute Gasteiger partial charge is 0.0713 e. The van der Waals surface area contributed by atoms with Crippen molar-refractivity contribution in [2.24, 2.45) is 0 Å². The van der Waals surface area contributed by atoms with E-state index in [2.05, 4.69) is 20.9 Å². The molecular formula is C9H7BrClN. The van der Waals surface area contributed by atoms with Gasteiger partial charge in [-0.2, -0.15) is 0 Å². The molecular weight excluding hydrogens is 237 g/mol. The Morgan fingerprint density at radius 3 is 2.67 bits per heavy atom. The first-order chi connectivity index (χ1) is 5.38. The van der Waals surface area contributed by atoms with Crippen molar-refractivity contribution in [2.75, 3.05) is 0 Å². The van der Waals surface area contributed by atoms with Crippen LogP contribution in [0.4, 0.5) is 0 Å². The maximum atomic E-state index is 4.21. The Balaban J connectivity index is 0.000000720.